The summed E-state index contributed by atoms with van der Waals surface area (Å²) in [5, 5.41) is 1.96. The van der Waals surface area contributed by atoms with Crippen LogP contribution in [0, 0.1) is 5.92 Å². The number of aryl methyl sites for hydroxylation is 1. The van der Waals surface area contributed by atoms with Gasteiger partial charge in [-0.3, -0.25) is 4.79 Å². The van der Waals surface area contributed by atoms with E-state index < -0.39 is 0 Å². The molecule has 0 saturated carbocycles. The Balaban J connectivity index is 1.60. The van der Waals surface area contributed by atoms with Crippen LogP contribution in [-0.2, 0) is 17.6 Å². The zero-order valence-electron chi connectivity index (χ0n) is 14.3. The molecular formula is C20H25ClN2O. The average Bonchev–Trinajstić information content (AvgIpc) is 2.98. The summed E-state index contributed by atoms with van der Waals surface area (Å²) in [6, 6.07) is 6.46. The Bertz CT molecular complexity index is 766. The highest BCUT2D eigenvalue weighted by Gasteiger charge is 2.33. The lowest BCUT2D eigenvalue weighted by Gasteiger charge is -2.38. The van der Waals surface area contributed by atoms with Gasteiger partial charge in [-0.15, -0.1) is 0 Å². The van der Waals surface area contributed by atoms with Gasteiger partial charge in [0.1, 0.15) is 0 Å². The number of hydrogen-bond donors (Lipinski definition) is 1. The molecule has 0 spiro atoms. The first-order chi connectivity index (χ1) is 11.7. The number of halogens is 1. The second kappa shape index (κ2) is 6.44. The van der Waals surface area contributed by atoms with Crippen LogP contribution in [0.4, 0.5) is 0 Å². The first-order valence-corrected chi connectivity index (χ1v) is 9.64. The molecule has 4 rings (SSSR count). The van der Waals surface area contributed by atoms with Gasteiger partial charge in [0.2, 0.25) is 5.91 Å². The molecular weight excluding hydrogens is 320 g/mol. The molecule has 2 unspecified atom stereocenters. The number of nitrogens with zero attached hydrogens (tertiary/aromatic N) is 1. The third-order valence-electron chi connectivity index (χ3n) is 5.88. The average molecular weight is 345 g/mol. The number of piperidine rings is 1. The third kappa shape index (κ3) is 2.73. The largest absolute Gasteiger partial charge is 0.358 e. The van der Waals surface area contributed by atoms with E-state index in [1.807, 2.05) is 18.2 Å². The lowest BCUT2D eigenvalue weighted by Crippen LogP contribution is -2.47. The molecule has 128 valence electrons. The van der Waals surface area contributed by atoms with E-state index in [4.69, 9.17) is 11.6 Å². The summed E-state index contributed by atoms with van der Waals surface area (Å²) in [5.41, 5.74) is 3.74. The number of benzene rings is 1. The van der Waals surface area contributed by atoms with Crippen molar-refractivity contribution in [3.05, 3.63) is 34.5 Å². The van der Waals surface area contributed by atoms with Crippen molar-refractivity contribution in [2.24, 2.45) is 5.92 Å². The molecule has 1 saturated heterocycles. The van der Waals surface area contributed by atoms with Gasteiger partial charge in [0.25, 0.3) is 0 Å². The van der Waals surface area contributed by atoms with Crippen molar-refractivity contribution in [1.82, 2.24) is 9.88 Å². The van der Waals surface area contributed by atoms with E-state index in [2.05, 4.69) is 16.8 Å². The van der Waals surface area contributed by atoms with Crippen LogP contribution in [0.3, 0.4) is 0 Å². The summed E-state index contributed by atoms with van der Waals surface area (Å²) in [6.07, 6.45) is 7.43. The Morgan fingerprint density at radius 3 is 3.04 bits per heavy atom. The molecule has 3 nitrogen and oxygen atoms in total. The Kier molecular flexibility index (Phi) is 4.29. The normalized spacial score (nSPS) is 24.2. The Morgan fingerprint density at radius 1 is 1.33 bits per heavy atom. The number of fused-ring (bicyclic) bond motifs is 3. The molecule has 1 aromatic heterocycles. The van der Waals surface area contributed by atoms with Gasteiger partial charge in [0.15, 0.2) is 0 Å². The van der Waals surface area contributed by atoms with Gasteiger partial charge in [-0.1, -0.05) is 18.5 Å². The number of amides is 1. The number of nitrogens with one attached hydrogen (secondary N) is 1. The topological polar surface area (TPSA) is 36.1 Å². The molecule has 1 amide bonds. The van der Waals surface area contributed by atoms with E-state index in [1.54, 1.807) is 0 Å². The number of aromatic amines is 1. The van der Waals surface area contributed by atoms with Gasteiger partial charge in [-0.2, -0.15) is 0 Å². The lowest BCUT2D eigenvalue weighted by molar-refractivity contribution is -0.139. The first kappa shape index (κ1) is 16.0. The quantitative estimate of drug-likeness (QED) is 0.840. The molecule has 1 aromatic carbocycles. The van der Waals surface area contributed by atoms with Gasteiger partial charge >= 0.3 is 0 Å². The van der Waals surface area contributed by atoms with Gasteiger partial charge in [-0.25, -0.2) is 0 Å². The van der Waals surface area contributed by atoms with E-state index in [9.17, 15) is 4.79 Å². The third-order valence-corrected chi connectivity index (χ3v) is 6.12. The maximum absolute atomic E-state index is 13.1. The van der Waals surface area contributed by atoms with Crippen LogP contribution in [-0.4, -0.2) is 28.4 Å². The fourth-order valence-electron chi connectivity index (χ4n) is 4.55. The van der Waals surface area contributed by atoms with Crippen LogP contribution in [0.15, 0.2) is 18.2 Å². The zero-order valence-corrected chi connectivity index (χ0v) is 15.0. The Hall–Kier alpha value is -1.48. The Morgan fingerprint density at radius 2 is 2.21 bits per heavy atom. The summed E-state index contributed by atoms with van der Waals surface area (Å²) in [7, 11) is 0. The van der Waals surface area contributed by atoms with Crippen LogP contribution in [0.5, 0.6) is 0 Å². The predicted molar refractivity (Wildman–Crippen MR) is 98.5 cm³/mol. The van der Waals surface area contributed by atoms with Crippen molar-refractivity contribution in [3.8, 4) is 0 Å². The standard InChI is InChI=1S/C20H25ClN2O/c1-2-15-5-3-4-10-23(15)20(24)13-6-8-18-16(11-13)17-12-14(21)7-9-19(17)22-18/h7,9,12-13,15,22H,2-6,8,10-11H2,1H3. The van der Waals surface area contributed by atoms with Crippen LogP contribution in [0.25, 0.3) is 10.9 Å². The molecule has 1 fully saturated rings. The van der Waals surface area contributed by atoms with Crippen molar-refractivity contribution in [2.45, 2.75) is 57.9 Å². The van der Waals surface area contributed by atoms with E-state index in [0.29, 0.717) is 11.9 Å². The van der Waals surface area contributed by atoms with Gasteiger partial charge in [0.05, 0.1) is 0 Å². The maximum atomic E-state index is 13.1. The summed E-state index contributed by atoms with van der Waals surface area (Å²) >= 11 is 6.19. The number of carbonyl (C=O) groups is 1. The molecule has 2 aromatic rings. The number of likely N-dealkylation sites (tertiary alicyclic amines) is 1. The summed E-state index contributed by atoms with van der Waals surface area (Å²) in [5.74, 6) is 0.506. The molecule has 0 radical (unpaired) electrons. The number of aromatic nitrogens is 1. The lowest BCUT2D eigenvalue weighted by atomic mass is 9.84. The van der Waals surface area contributed by atoms with Gasteiger partial charge in [0, 0.05) is 40.1 Å². The van der Waals surface area contributed by atoms with Gasteiger partial charge in [-0.05, 0) is 68.7 Å². The SMILES string of the molecule is CCC1CCCCN1C(=O)C1CCc2[nH]c3ccc(Cl)cc3c2C1. The monoisotopic (exact) mass is 344 g/mol. The van der Waals surface area contributed by atoms with E-state index in [0.717, 1.165) is 49.2 Å². The van der Waals surface area contributed by atoms with Crippen LogP contribution in [0.2, 0.25) is 5.02 Å². The number of carbonyl (C=O) groups excluding carboxylic acids is 1. The highest BCUT2D eigenvalue weighted by molar-refractivity contribution is 6.31. The van der Waals surface area contributed by atoms with E-state index >= 15 is 0 Å². The zero-order chi connectivity index (χ0) is 16.7. The van der Waals surface area contributed by atoms with Crippen LogP contribution < -0.4 is 0 Å². The molecule has 1 aliphatic carbocycles. The number of hydrogen-bond acceptors (Lipinski definition) is 1. The minimum Gasteiger partial charge on any atom is -0.358 e. The maximum Gasteiger partial charge on any atom is 0.226 e. The Labute approximate surface area is 148 Å². The highest BCUT2D eigenvalue weighted by atomic mass is 35.5. The molecule has 1 N–H and O–H groups in total. The van der Waals surface area contributed by atoms with Crippen LogP contribution >= 0.6 is 11.6 Å². The van der Waals surface area contributed by atoms with E-state index in [1.165, 1.54) is 29.5 Å². The molecule has 4 heteroatoms. The van der Waals surface area contributed by atoms with Crippen molar-refractivity contribution >= 4 is 28.4 Å². The molecule has 2 aliphatic rings. The molecule has 2 heterocycles. The number of rotatable bonds is 2. The minimum atomic E-state index is 0.127. The highest BCUT2D eigenvalue weighted by Crippen LogP contribution is 2.34. The molecule has 1 aliphatic heterocycles. The molecule has 2 atom stereocenters. The van der Waals surface area contributed by atoms with Crippen molar-refractivity contribution in [1.29, 1.82) is 0 Å². The number of H-pyrrole nitrogens is 1. The molecule has 0 bridgehead atoms. The van der Waals surface area contributed by atoms with Crippen LogP contribution in [0.1, 0.15) is 50.3 Å². The smallest absolute Gasteiger partial charge is 0.226 e. The van der Waals surface area contributed by atoms with Crippen molar-refractivity contribution < 1.29 is 4.79 Å². The second-order valence-electron chi connectivity index (χ2n) is 7.30. The summed E-state index contributed by atoms with van der Waals surface area (Å²) in [4.78, 5) is 18.8. The summed E-state index contributed by atoms with van der Waals surface area (Å²) in [6.45, 7) is 3.15. The van der Waals surface area contributed by atoms with E-state index in [-0.39, 0.29) is 5.92 Å². The van der Waals surface area contributed by atoms with Gasteiger partial charge < -0.3 is 9.88 Å². The minimum absolute atomic E-state index is 0.127. The fourth-order valence-corrected chi connectivity index (χ4v) is 4.72. The fraction of sp³-hybridized carbons (Fsp3) is 0.550. The van der Waals surface area contributed by atoms with Crippen molar-refractivity contribution in [3.63, 3.8) is 0 Å². The summed E-state index contributed by atoms with van der Waals surface area (Å²) < 4.78 is 0. The first-order valence-electron chi connectivity index (χ1n) is 9.27. The molecule has 24 heavy (non-hydrogen) atoms. The van der Waals surface area contributed by atoms with Crippen molar-refractivity contribution in [2.75, 3.05) is 6.54 Å². The second-order valence-corrected chi connectivity index (χ2v) is 7.74. The predicted octanol–water partition coefficient (Wildman–Crippen LogP) is 4.72.